The van der Waals surface area contributed by atoms with E-state index in [1.54, 1.807) is 24.3 Å². The highest BCUT2D eigenvalue weighted by Crippen LogP contribution is 2.29. The number of nitrogens with zero attached hydrogens (tertiary/aromatic N) is 2. The molecule has 0 bridgehead atoms. The van der Waals surface area contributed by atoms with Gasteiger partial charge in [0.25, 0.3) is 0 Å². The van der Waals surface area contributed by atoms with Crippen LogP contribution in [0, 0.1) is 5.41 Å². The Morgan fingerprint density at radius 3 is 2.32 bits per heavy atom. The molecule has 0 fully saturated rings. The van der Waals surface area contributed by atoms with Crippen molar-refractivity contribution < 1.29 is 4.79 Å². The third-order valence-electron chi connectivity index (χ3n) is 3.60. The Labute approximate surface area is 120 Å². The third-order valence-corrected chi connectivity index (χ3v) is 3.99. The van der Waals surface area contributed by atoms with Gasteiger partial charge in [-0.3, -0.25) is 9.78 Å². The Kier molecular flexibility index (Phi) is 5.42. The number of hydrogen-bond donors (Lipinski definition) is 1. The first kappa shape index (κ1) is 15.6. The van der Waals surface area contributed by atoms with Crippen molar-refractivity contribution in [3.63, 3.8) is 0 Å². The second-order valence-corrected chi connectivity index (χ2v) is 5.11. The van der Waals surface area contributed by atoms with Crippen LogP contribution >= 0.6 is 12.2 Å². The van der Waals surface area contributed by atoms with Gasteiger partial charge in [0.2, 0.25) is 5.91 Å². The summed E-state index contributed by atoms with van der Waals surface area (Å²) in [6, 6.07) is 3.79. The Hall–Kier alpha value is -1.49. The van der Waals surface area contributed by atoms with Gasteiger partial charge in [-0.15, -0.1) is 0 Å². The quantitative estimate of drug-likeness (QED) is 0.810. The summed E-state index contributed by atoms with van der Waals surface area (Å²) in [7, 11) is 1.78. The number of hydrogen-bond acceptors (Lipinski definition) is 3. The molecule has 2 N–H and O–H groups in total. The van der Waals surface area contributed by atoms with E-state index in [-0.39, 0.29) is 10.9 Å². The van der Waals surface area contributed by atoms with E-state index in [2.05, 4.69) is 4.98 Å². The molecule has 0 saturated carbocycles. The van der Waals surface area contributed by atoms with Crippen LogP contribution in [0.2, 0.25) is 0 Å². The largest absolute Gasteiger partial charge is 0.392 e. The van der Waals surface area contributed by atoms with Crippen LogP contribution in [-0.2, 0) is 11.3 Å². The maximum atomic E-state index is 12.6. The number of aromatic nitrogens is 1. The molecule has 0 unspecified atom stereocenters. The van der Waals surface area contributed by atoms with Gasteiger partial charge >= 0.3 is 0 Å². The topological polar surface area (TPSA) is 59.2 Å². The highest BCUT2D eigenvalue weighted by atomic mass is 32.1. The maximum absolute atomic E-state index is 12.6. The minimum absolute atomic E-state index is 0.0122. The van der Waals surface area contributed by atoms with Gasteiger partial charge < -0.3 is 10.6 Å². The van der Waals surface area contributed by atoms with Gasteiger partial charge in [-0.25, -0.2) is 0 Å². The molecule has 0 aliphatic heterocycles. The summed E-state index contributed by atoms with van der Waals surface area (Å²) < 4.78 is 0. The fourth-order valence-corrected chi connectivity index (χ4v) is 2.58. The normalized spacial score (nSPS) is 11.1. The molecule has 0 atom stereocenters. The van der Waals surface area contributed by atoms with E-state index in [1.165, 1.54) is 0 Å². The Morgan fingerprint density at radius 1 is 1.37 bits per heavy atom. The first-order valence-corrected chi connectivity index (χ1v) is 6.83. The highest BCUT2D eigenvalue weighted by molar-refractivity contribution is 7.80. The van der Waals surface area contributed by atoms with Gasteiger partial charge in [-0.2, -0.15) is 0 Å². The second kappa shape index (κ2) is 6.61. The summed E-state index contributed by atoms with van der Waals surface area (Å²) in [6.07, 6.45) is 4.68. The molecule has 1 aromatic rings. The molecular formula is C14H21N3OS. The summed E-state index contributed by atoms with van der Waals surface area (Å²) >= 11 is 5.11. The lowest BCUT2D eigenvalue weighted by Crippen LogP contribution is -2.48. The molecule has 5 heteroatoms. The van der Waals surface area contributed by atoms with Crippen molar-refractivity contribution in [2.75, 3.05) is 7.05 Å². The van der Waals surface area contributed by atoms with Crippen LogP contribution < -0.4 is 5.73 Å². The van der Waals surface area contributed by atoms with E-state index < -0.39 is 5.41 Å². The molecule has 1 amide bonds. The van der Waals surface area contributed by atoms with Gasteiger partial charge in [0, 0.05) is 26.0 Å². The van der Waals surface area contributed by atoms with Crippen molar-refractivity contribution in [1.82, 2.24) is 9.88 Å². The molecule has 0 radical (unpaired) electrons. The summed E-state index contributed by atoms with van der Waals surface area (Å²) in [5.41, 5.74) is 6.11. The summed E-state index contributed by atoms with van der Waals surface area (Å²) in [4.78, 5) is 18.5. The number of amides is 1. The molecule has 4 nitrogen and oxygen atoms in total. The molecular weight excluding hydrogens is 258 g/mol. The second-order valence-electron chi connectivity index (χ2n) is 4.67. The van der Waals surface area contributed by atoms with Crippen LogP contribution in [0.1, 0.15) is 32.3 Å². The smallest absolute Gasteiger partial charge is 0.235 e. The van der Waals surface area contributed by atoms with Gasteiger partial charge in [0.1, 0.15) is 0 Å². The van der Waals surface area contributed by atoms with Gasteiger partial charge in [0.15, 0.2) is 0 Å². The number of pyridine rings is 1. The SMILES string of the molecule is CCC(CC)(C(=O)N(C)Cc1ccncc1)C(N)=S. The first-order chi connectivity index (χ1) is 8.97. The number of rotatable bonds is 6. The van der Waals surface area contributed by atoms with Crippen LogP contribution in [0.25, 0.3) is 0 Å². The van der Waals surface area contributed by atoms with E-state index in [4.69, 9.17) is 18.0 Å². The molecule has 0 spiro atoms. The van der Waals surface area contributed by atoms with Crippen molar-refractivity contribution in [3.05, 3.63) is 30.1 Å². The van der Waals surface area contributed by atoms with E-state index in [1.807, 2.05) is 26.0 Å². The molecule has 0 saturated heterocycles. The monoisotopic (exact) mass is 279 g/mol. The van der Waals surface area contributed by atoms with Crippen LogP contribution in [0.15, 0.2) is 24.5 Å². The molecule has 0 aliphatic rings. The first-order valence-electron chi connectivity index (χ1n) is 6.42. The molecule has 0 aliphatic carbocycles. The number of thiocarbonyl (C=S) groups is 1. The van der Waals surface area contributed by atoms with E-state index in [0.29, 0.717) is 19.4 Å². The average molecular weight is 279 g/mol. The number of carbonyl (C=O) groups is 1. The molecule has 1 heterocycles. The van der Waals surface area contributed by atoms with Crippen molar-refractivity contribution >= 4 is 23.1 Å². The van der Waals surface area contributed by atoms with E-state index in [0.717, 1.165) is 5.56 Å². The third kappa shape index (κ3) is 3.29. The summed E-state index contributed by atoms with van der Waals surface area (Å²) in [5, 5.41) is 0. The highest BCUT2D eigenvalue weighted by Gasteiger charge is 2.39. The average Bonchev–Trinajstić information content (AvgIpc) is 2.41. The van der Waals surface area contributed by atoms with Crippen LogP contribution in [0.5, 0.6) is 0 Å². The van der Waals surface area contributed by atoms with Crippen LogP contribution in [0.3, 0.4) is 0 Å². The molecule has 0 aromatic carbocycles. The number of carbonyl (C=O) groups excluding carboxylic acids is 1. The standard InChI is InChI=1S/C14H21N3OS/c1-4-14(5-2,12(15)19)13(18)17(3)10-11-6-8-16-9-7-11/h6-9H,4-5,10H2,1-3H3,(H2,15,19). The van der Waals surface area contributed by atoms with Crippen molar-refractivity contribution in [2.45, 2.75) is 33.2 Å². The van der Waals surface area contributed by atoms with Crippen LogP contribution in [-0.4, -0.2) is 27.8 Å². The molecule has 19 heavy (non-hydrogen) atoms. The predicted octanol–water partition coefficient (Wildman–Crippen LogP) is 2.13. The summed E-state index contributed by atoms with van der Waals surface area (Å²) in [5.74, 6) is -0.0122. The minimum atomic E-state index is -0.725. The fraction of sp³-hybridized carbons (Fsp3) is 0.500. The van der Waals surface area contributed by atoms with Crippen molar-refractivity contribution in [1.29, 1.82) is 0 Å². The lowest BCUT2D eigenvalue weighted by Gasteiger charge is -2.33. The maximum Gasteiger partial charge on any atom is 0.235 e. The van der Waals surface area contributed by atoms with E-state index >= 15 is 0 Å². The molecule has 104 valence electrons. The molecule has 1 aromatic heterocycles. The zero-order valence-electron chi connectivity index (χ0n) is 11.7. The number of nitrogens with two attached hydrogens (primary N) is 1. The Balaban J connectivity index is 2.89. The van der Waals surface area contributed by atoms with Gasteiger partial charge in [-0.1, -0.05) is 26.1 Å². The predicted molar refractivity (Wildman–Crippen MR) is 80.5 cm³/mol. The van der Waals surface area contributed by atoms with E-state index in [9.17, 15) is 4.79 Å². The zero-order chi connectivity index (χ0) is 14.5. The van der Waals surface area contributed by atoms with Crippen molar-refractivity contribution in [3.8, 4) is 0 Å². The van der Waals surface area contributed by atoms with Gasteiger partial charge in [-0.05, 0) is 30.5 Å². The lowest BCUT2D eigenvalue weighted by atomic mass is 9.80. The zero-order valence-corrected chi connectivity index (χ0v) is 12.5. The fourth-order valence-electron chi connectivity index (χ4n) is 2.21. The van der Waals surface area contributed by atoms with Gasteiger partial charge in [0.05, 0.1) is 10.4 Å². The Bertz CT molecular complexity index is 443. The van der Waals surface area contributed by atoms with Crippen molar-refractivity contribution in [2.24, 2.45) is 11.1 Å². The Morgan fingerprint density at radius 2 is 1.89 bits per heavy atom. The minimum Gasteiger partial charge on any atom is -0.392 e. The molecule has 1 rings (SSSR count). The lowest BCUT2D eigenvalue weighted by molar-refractivity contribution is -0.137. The van der Waals surface area contributed by atoms with Crippen LogP contribution in [0.4, 0.5) is 0 Å². The summed E-state index contributed by atoms with van der Waals surface area (Å²) in [6.45, 7) is 4.42.